The van der Waals surface area contributed by atoms with Crippen LogP contribution in [-0.2, 0) is 19.9 Å². The first kappa shape index (κ1) is 25.5. The van der Waals surface area contributed by atoms with E-state index in [1.807, 2.05) is 0 Å². The van der Waals surface area contributed by atoms with Crippen molar-refractivity contribution in [1.29, 1.82) is 0 Å². The van der Waals surface area contributed by atoms with Crippen LogP contribution in [0.5, 0.6) is 0 Å². The Morgan fingerprint density at radius 1 is 1.11 bits per heavy atom. The number of pyridine rings is 1. The zero-order valence-corrected chi connectivity index (χ0v) is 20.6. The first-order valence-corrected chi connectivity index (χ1v) is 12.2. The number of carbonyl (C=O) groups is 5. The van der Waals surface area contributed by atoms with E-state index < -0.39 is 35.3 Å². The SMILES string of the molecule is CN(C(=O)C(=O)[n+]1cccc(C(=O)N2CCC[C@@H]2C(=O)O)c1)C1(c2ccccc2Cl)CCCCC1=O. The molecule has 1 aliphatic carbocycles. The van der Waals surface area contributed by atoms with Crippen LogP contribution in [0.3, 0.4) is 0 Å². The smallest absolute Gasteiger partial charge is 0.480 e. The number of carboxylic acids is 1. The number of ketones is 1. The predicted molar refractivity (Wildman–Crippen MR) is 128 cm³/mol. The van der Waals surface area contributed by atoms with E-state index in [1.165, 1.54) is 41.4 Å². The van der Waals surface area contributed by atoms with E-state index in [9.17, 15) is 29.1 Å². The lowest BCUT2D eigenvalue weighted by atomic mass is 9.74. The van der Waals surface area contributed by atoms with Crippen LogP contribution in [0.15, 0.2) is 48.8 Å². The molecule has 1 aromatic carbocycles. The van der Waals surface area contributed by atoms with E-state index in [4.69, 9.17) is 11.6 Å². The number of aromatic nitrogens is 1. The molecule has 4 rings (SSSR count). The van der Waals surface area contributed by atoms with Crippen molar-refractivity contribution in [2.24, 2.45) is 0 Å². The van der Waals surface area contributed by atoms with Crippen LogP contribution in [0, 0.1) is 0 Å². The molecule has 1 aromatic heterocycles. The van der Waals surface area contributed by atoms with Crippen molar-refractivity contribution in [3.05, 3.63) is 64.9 Å². The van der Waals surface area contributed by atoms with Crippen LogP contribution in [0.1, 0.15) is 59.2 Å². The standard InChI is InChI=1S/C26H26ClN3O6/c1-28(26(13-5-4-12-21(26)31)18-9-2-3-10-19(18)27)23(33)24(34)29-14-6-8-17(16-29)22(32)30-15-7-11-20(30)25(35)36/h2-3,6,8-10,14,16,20H,4-5,7,11-13,15H2,1H3/p+1/t20-,26?/m1/s1. The van der Waals surface area contributed by atoms with Crippen LogP contribution in [0.25, 0.3) is 0 Å². The van der Waals surface area contributed by atoms with E-state index in [0.29, 0.717) is 49.2 Å². The highest BCUT2D eigenvalue weighted by atomic mass is 35.5. The highest BCUT2D eigenvalue weighted by molar-refractivity contribution is 6.33. The van der Waals surface area contributed by atoms with Gasteiger partial charge in [0.05, 0.1) is 0 Å². The first-order valence-electron chi connectivity index (χ1n) is 11.8. The van der Waals surface area contributed by atoms with Gasteiger partial charge in [0.15, 0.2) is 18.2 Å². The van der Waals surface area contributed by atoms with Crippen LogP contribution in [-0.4, -0.2) is 64.0 Å². The monoisotopic (exact) mass is 512 g/mol. The zero-order chi connectivity index (χ0) is 26.0. The van der Waals surface area contributed by atoms with Gasteiger partial charge in [0.1, 0.15) is 17.1 Å². The van der Waals surface area contributed by atoms with Crippen molar-refractivity contribution in [2.75, 3.05) is 13.6 Å². The number of carbonyl (C=O) groups excluding carboxylic acids is 4. The molecule has 9 nitrogen and oxygen atoms in total. The second-order valence-electron chi connectivity index (χ2n) is 9.13. The molecule has 1 saturated carbocycles. The highest BCUT2D eigenvalue weighted by Crippen LogP contribution is 2.42. The van der Waals surface area contributed by atoms with Gasteiger partial charge < -0.3 is 14.9 Å². The lowest BCUT2D eigenvalue weighted by Gasteiger charge is -2.43. The molecule has 2 heterocycles. The lowest BCUT2D eigenvalue weighted by molar-refractivity contribution is -0.569. The number of likely N-dealkylation sites (tertiary alicyclic amines) is 1. The van der Waals surface area contributed by atoms with E-state index in [0.717, 1.165) is 4.57 Å². The third-order valence-electron chi connectivity index (χ3n) is 7.11. The Bertz CT molecular complexity index is 1250. The second kappa shape index (κ2) is 10.2. The summed E-state index contributed by atoms with van der Waals surface area (Å²) in [7, 11) is 1.42. The summed E-state index contributed by atoms with van der Waals surface area (Å²) in [6.07, 6.45) is 5.44. The number of hydrogen-bond donors (Lipinski definition) is 1. The minimum atomic E-state index is -1.37. The van der Waals surface area contributed by atoms with Crippen molar-refractivity contribution >= 4 is 41.1 Å². The first-order chi connectivity index (χ1) is 17.2. The summed E-state index contributed by atoms with van der Waals surface area (Å²) >= 11 is 6.45. The number of carboxylic acid groups (broad SMARTS) is 1. The Morgan fingerprint density at radius 2 is 1.86 bits per heavy atom. The molecule has 2 aliphatic rings. The Morgan fingerprint density at radius 3 is 2.56 bits per heavy atom. The molecule has 2 aromatic rings. The maximum atomic E-state index is 13.4. The number of halogens is 1. The summed E-state index contributed by atoms with van der Waals surface area (Å²) in [5.74, 6) is -3.68. The van der Waals surface area contributed by atoms with Crippen molar-refractivity contribution < 1.29 is 33.6 Å². The van der Waals surface area contributed by atoms with E-state index in [1.54, 1.807) is 24.3 Å². The second-order valence-corrected chi connectivity index (χ2v) is 9.54. The number of likely N-dealkylation sites (N-methyl/N-ethyl adjacent to an activating group) is 1. The van der Waals surface area contributed by atoms with E-state index in [2.05, 4.69) is 0 Å². The fraction of sp³-hybridized carbons (Fsp3) is 0.385. The number of nitrogens with zero attached hydrogens (tertiary/aromatic N) is 3. The quantitative estimate of drug-likeness (QED) is 0.497. The van der Waals surface area contributed by atoms with Gasteiger partial charge in [-0.05, 0) is 44.2 Å². The predicted octanol–water partition coefficient (Wildman–Crippen LogP) is 2.45. The number of Topliss-reactive ketones (excluding diaryl/α,β-unsaturated/α-hetero) is 1. The molecule has 1 saturated heterocycles. The summed E-state index contributed by atoms with van der Waals surface area (Å²) in [6, 6.07) is 8.79. The summed E-state index contributed by atoms with van der Waals surface area (Å²) in [5.41, 5.74) is -0.812. The van der Waals surface area contributed by atoms with Gasteiger partial charge in [-0.3, -0.25) is 14.4 Å². The summed E-state index contributed by atoms with van der Waals surface area (Å²) in [5, 5.41) is 9.73. The van der Waals surface area contributed by atoms with E-state index in [-0.39, 0.29) is 17.8 Å². The maximum Gasteiger partial charge on any atom is 0.482 e. The molecule has 2 atom stereocenters. The van der Waals surface area contributed by atoms with Gasteiger partial charge in [0.2, 0.25) is 0 Å². The fourth-order valence-electron chi connectivity index (χ4n) is 5.22. The lowest BCUT2D eigenvalue weighted by Crippen LogP contribution is -2.60. The number of aliphatic carboxylic acids is 1. The Labute approximate surface area is 213 Å². The van der Waals surface area contributed by atoms with Crippen molar-refractivity contribution in [3.63, 3.8) is 0 Å². The molecule has 0 radical (unpaired) electrons. The Kier molecular flexibility index (Phi) is 7.21. The van der Waals surface area contributed by atoms with Gasteiger partial charge in [-0.1, -0.05) is 29.8 Å². The highest BCUT2D eigenvalue weighted by Gasteiger charge is 2.50. The zero-order valence-electron chi connectivity index (χ0n) is 19.9. The molecule has 1 unspecified atom stereocenters. The summed E-state index contributed by atoms with van der Waals surface area (Å²) in [4.78, 5) is 66.9. The molecule has 188 valence electrons. The fourth-order valence-corrected chi connectivity index (χ4v) is 5.51. The number of benzene rings is 1. The van der Waals surface area contributed by atoms with Gasteiger partial charge in [-0.25, -0.2) is 9.59 Å². The molecule has 2 amide bonds. The summed E-state index contributed by atoms with van der Waals surface area (Å²) < 4.78 is 0.992. The van der Waals surface area contributed by atoms with Crippen LogP contribution < -0.4 is 4.57 Å². The van der Waals surface area contributed by atoms with Crippen molar-refractivity contribution in [1.82, 2.24) is 9.80 Å². The van der Waals surface area contributed by atoms with Gasteiger partial charge in [-0.2, -0.15) is 0 Å². The average Bonchev–Trinajstić information content (AvgIpc) is 3.38. The van der Waals surface area contributed by atoms with Gasteiger partial charge in [0, 0.05) is 36.7 Å². The molecule has 36 heavy (non-hydrogen) atoms. The van der Waals surface area contributed by atoms with Gasteiger partial charge >= 0.3 is 17.8 Å². The normalized spacial score (nSPS) is 21.8. The molecule has 10 heteroatoms. The largest absolute Gasteiger partial charge is 0.482 e. The van der Waals surface area contributed by atoms with Crippen LogP contribution >= 0.6 is 11.6 Å². The molecular weight excluding hydrogens is 486 g/mol. The molecule has 0 bridgehead atoms. The van der Waals surface area contributed by atoms with Crippen LogP contribution in [0.4, 0.5) is 0 Å². The maximum absolute atomic E-state index is 13.4. The van der Waals surface area contributed by atoms with Crippen LogP contribution in [0.2, 0.25) is 5.02 Å². The number of hydrogen-bond acceptors (Lipinski definition) is 5. The summed E-state index contributed by atoms with van der Waals surface area (Å²) in [6.45, 7) is 0.294. The third-order valence-corrected chi connectivity index (χ3v) is 7.44. The number of amides is 2. The molecular formula is C26H27ClN3O6+. The topological polar surface area (TPSA) is 116 Å². The number of rotatable bonds is 4. The Balaban J connectivity index is 1.64. The van der Waals surface area contributed by atoms with Gasteiger partial charge in [0.25, 0.3) is 5.91 Å². The van der Waals surface area contributed by atoms with Crippen molar-refractivity contribution in [3.8, 4) is 0 Å². The molecule has 2 fully saturated rings. The minimum Gasteiger partial charge on any atom is -0.480 e. The Hall–Kier alpha value is -3.59. The van der Waals surface area contributed by atoms with E-state index >= 15 is 0 Å². The molecule has 0 spiro atoms. The minimum absolute atomic E-state index is 0.0870. The molecule has 1 aliphatic heterocycles. The van der Waals surface area contributed by atoms with Gasteiger partial charge in [-0.15, -0.1) is 4.57 Å². The average molecular weight is 513 g/mol. The molecule has 1 N–H and O–H groups in total. The van der Waals surface area contributed by atoms with Crippen molar-refractivity contribution in [2.45, 2.75) is 50.1 Å². The third kappa shape index (κ3) is 4.39.